The highest BCUT2D eigenvalue weighted by molar-refractivity contribution is 7.16. The summed E-state index contributed by atoms with van der Waals surface area (Å²) in [5.41, 5.74) is 1.24. The minimum Gasteiger partial charge on any atom is -0.322 e. The van der Waals surface area contributed by atoms with Crippen LogP contribution in [0.3, 0.4) is 0 Å². The van der Waals surface area contributed by atoms with Crippen LogP contribution in [0.25, 0.3) is 11.2 Å². The summed E-state index contributed by atoms with van der Waals surface area (Å²) in [5.74, 6) is 0.392. The molecule has 0 radical (unpaired) electrons. The molecule has 0 aliphatic rings. The van der Waals surface area contributed by atoms with E-state index < -0.39 is 11.2 Å². The SMILES string of the molecule is CCCCCn1c(CCC(=O)Nc2sc(C)c(C)c2C#N)nc2c1c(=O)[nH]c(=O)n2CCCC. The van der Waals surface area contributed by atoms with Gasteiger partial charge in [0.25, 0.3) is 5.56 Å². The van der Waals surface area contributed by atoms with Gasteiger partial charge in [0.1, 0.15) is 16.9 Å². The van der Waals surface area contributed by atoms with E-state index in [1.165, 1.54) is 15.9 Å². The van der Waals surface area contributed by atoms with E-state index in [2.05, 4.69) is 28.3 Å². The Hall–Kier alpha value is -3.19. The van der Waals surface area contributed by atoms with Crippen molar-refractivity contribution in [1.29, 1.82) is 5.26 Å². The number of nitrogens with one attached hydrogen (secondary N) is 2. The van der Waals surface area contributed by atoms with Crippen LogP contribution in [0.15, 0.2) is 9.59 Å². The van der Waals surface area contributed by atoms with E-state index in [0.717, 1.165) is 42.5 Å². The van der Waals surface area contributed by atoms with E-state index in [1.807, 2.05) is 25.3 Å². The summed E-state index contributed by atoms with van der Waals surface area (Å²) in [4.78, 5) is 46.0. The molecule has 9 nitrogen and oxygen atoms in total. The van der Waals surface area contributed by atoms with Crippen molar-refractivity contribution < 1.29 is 4.79 Å². The summed E-state index contributed by atoms with van der Waals surface area (Å²) >= 11 is 1.39. The van der Waals surface area contributed by atoms with E-state index in [-0.39, 0.29) is 12.3 Å². The number of thiophene rings is 1. The third kappa shape index (κ3) is 5.30. The molecule has 34 heavy (non-hydrogen) atoms. The summed E-state index contributed by atoms with van der Waals surface area (Å²) in [6.07, 6.45) is 5.07. The van der Waals surface area contributed by atoms with Crippen LogP contribution in [0.1, 0.15) is 74.2 Å². The maximum absolute atomic E-state index is 12.7. The Morgan fingerprint density at radius 3 is 2.50 bits per heavy atom. The van der Waals surface area contributed by atoms with Crippen LogP contribution < -0.4 is 16.6 Å². The zero-order chi connectivity index (χ0) is 24.8. The van der Waals surface area contributed by atoms with Gasteiger partial charge in [0.05, 0.1) is 5.56 Å². The molecule has 0 aliphatic heterocycles. The highest BCUT2D eigenvalue weighted by atomic mass is 32.1. The first-order valence-corrected chi connectivity index (χ1v) is 12.7. The van der Waals surface area contributed by atoms with E-state index in [1.54, 1.807) is 0 Å². The second kappa shape index (κ2) is 11.3. The molecule has 0 unspecified atom stereocenters. The standard InChI is InChI=1S/C24H32N6O3S/c1-5-7-9-13-29-18(10-11-19(31)27-23-17(14-25)15(3)16(4)34-23)26-21-20(29)22(32)28-24(33)30(21)12-8-6-2/h5-13H2,1-4H3,(H,27,31)(H,28,32,33). The topological polar surface area (TPSA) is 126 Å². The number of anilines is 1. The van der Waals surface area contributed by atoms with Gasteiger partial charge < -0.3 is 9.88 Å². The van der Waals surface area contributed by atoms with Crippen LogP contribution in [0.2, 0.25) is 0 Å². The molecule has 0 bridgehead atoms. The number of carbonyl (C=O) groups is 1. The average Bonchev–Trinajstić information content (AvgIpc) is 3.29. The Balaban J connectivity index is 1.92. The number of aromatic nitrogens is 4. The number of imidazole rings is 1. The van der Waals surface area contributed by atoms with Crippen molar-refractivity contribution in [3.63, 3.8) is 0 Å². The van der Waals surface area contributed by atoms with Crippen LogP contribution in [-0.4, -0.2) is 25.0 Å². The molecule has 182 valence electrons. The van der Waals surface area contributed by atoms with Crippen molar-refractivity contribution in [2.24, 2.45) is 0 Å². The van der Waals surface area contributed by atoms with Gasteiger partial charge in [-0.3, -0.25) is 19.1 Å². The Morgan fingerprint density at radius 1 is 1.12 bits per heavy atom. The van der Waals surface area contributed by atoms with Gasteiger partial charge in [0.2, 0.25) is 5.91 Å². The second-order valence-corrected chi connectivity index (χ2v) is 9.70. The van der Waals surface area contributed by atoms with E-state index >= 15 is 0 Å². The Kier molecular flexibility index (Phi) is 8.45. The van der Waals surface area contributed by atoms with Crippen molar-refractivity contribution in [3.8, 4) is 6.07 Å². The average molecular weight is 485 g/mol. The molecule has 0 aromatic carbocycles. The molecule has 0 fully saturated rings. The predicted molar refractivity (Wildman–Crippen MR) is 135 cm³/mol. The summed E-state index contributed by atoms with van der Waals surface area (Å²) in [6.45, 7) is 9.01. The maximum Gasteiger partial charge on any atom is 0.330 e. The minimum absolute atomic E-state index is 0.148. The molecule has 10 heteroatoms. The van der Waals surface area contributed by atoms with E-state index in [9.17, 15) is 19.6 Å². The van der Waals surface area contributed by atoms with Gasteiger partial charge in [-0.1, -0.05) is 33.1 Å². The second-order valence-electron chi connectivity index (χ2n) is 8.47. The molecular weight excluding hydrogens is 452 g/mol. The van der Waals surface area contributed by atoms with Crippen LogP contribution >= 0.6 is 11.3 Å². The van der Waals surface area contributed by atoms with Crippen LogP contribution in [0.5, 0.6) is 0 Å². The highest BCUT2D eigenvalue weighted by Gasteiger charge is 2.20. The van der Waals surface area contributed by atoms with Gasteiger partial charge in [-0.05, 0) is 32.3 Å². The predicted octanol–water partition coefficient (Wildman–Crippen LogP) is 4.00. The molecule has 0 saturated heterocycles. The molecule has 1 amide bonds. The lowest BCUT2D eigenvalue weighted by Crippen LogP contribution is -2.31. The van der Waals surface area contributed by atoms with E-state index in [4.69, 9.17) is 0 Å². The number of rotatable bonds is 11. The number of nitrogens with zero attached hydrogens (tertiary/aromatic N) is 4. The summed E-state index contributed by atoms with van der Waals surface area (Å²) in [6, 6.07) is 2.16. The number of unbranched alkanes of at least 4 members (excludes halogenated alkanes) is 3. The first kappa shape index (κ1) is 25.4. The number of H-pyrrole nitrogens is 1. The van der Waals surface area contributed by atoms with Crippen molar-refractivity contribution in [2.45, 2.75) is 85.7 Å². The van der Waals surface area contributed by atoms with Crippen molar-refractivity contribution in [2.75, 3.05) is 5.32 Å². The van der Waals surface area contributed by atoms with Gasteiger partial charge in [-0.2, -0.15) is 5.26 Å². The zero-order valence-electron chi connectivity index (χ0n) is 20.3. The van der Waals surface area contributed by atoms with Crippen LogP contribution in [-0.2, 0) is 24.3 Å². The van der Waals surface area contributed by atoms with Crippen molar-refractivity contribution in [1.82, 2.24) is 19.1 Å². The van der Waals surface area contributed by atoms with Gasteiger partial charge in [-0.15, -0.1) is 11.3 Å². The lowest BCUT2D eigenvalue weighted by Gasteiger charge is -2.09. The fraction of sp³-hybridized carbons (Fsp3) is 0.542. The lowest BCUT2D eigenvalue weighted by molar-refractivity contribution is -0.116. The molecular formula is C24H32N6O3S. The van der Waals surface area contributed by atoms with Gasteiger partial charge in [0.15, 0.2) is 11.2 Å². The fourth-order valence-corrected chi connectivity index (χ4v) is 4.98. The first-order chi connectivity index (χ1) is 16.3. The number of carbonyl (C=O) groups excluding carboxylic acids is 1. The molecule has 0 aliphatic carbocycles. The number of aromatic amines is 1. The number of hydrogen-bond donors (Lipinski definition) is 2. The Morgan fingerprint density at radius 2 is 1.82 bits per heavy atom. The maximum atomic E-state index is 12.7. The van der Waals surface area contributed by atoms with Crippen LogP contribution in [0.4, 0.5) is 5.00 Å². The van der Waals surface area contributed by atoms with Gasteiger partial charge >= 0.3 is 5.69 Å². The minimum atomic E-state index is -0.457. The summed E-state index contributed by atoms with van der Waals surface area (Å²) < 4.78 is 3.38. The number of fused-ring (bicyclic) bond motifs is 1. The fourth-order valence-electron chi connectivity index (χ4n) is 3.96. The molecule has 3 heterocycles. The molecule has 0 spiro atoms. The number of hydrogen-bond acceptors (Lipinski definition) is 6. The van der Waals surface area contributed by atoms with Gasteiger partial charge in [-0.25, -0.2) is 9.78 Å². The summed E-state index contributed by atoms with van der Waals surface area (Å²) in [7, 11) is 0. The van der Waals surface area contributed by atoms with E-state index in [0.29, 0.717) is 47.1 Å². The quantitative estimate of drug-likeness (QED) is 0.398. The zero-order valence-corrected chi connectivity index (χ0v) is 21.1. The van der Waals surface area contributed by atoms with Crippen molar-refractivity contribution in [3.05, 3.63) is 42.7 Å². The monoisotopic (exact) mass is 484 g/mol. The lowest BCUT2D eigenvalue weighted by atomic mass is 10.2. The first-order valence-electron chi connectivity index (χ1n) is 11.8. The van der Waals surface area contributed by atoms with Crippen LogP contribution in [0, 0.1) is 25.2 Å². The smallest absolute Gasteiger partial charge is 0.322 e. The molecule has 3 aromatic heterocycles. The molecule has 0 saturated carbocycles. The number of aryl methyl sites for hydroxylation is 4. The number of amides is 1. The highest BCUT2D eigenvalue weighted by Crippen LogP contribution is 2.31. The third-order valence-corrected chi connectivity index (χ3v) is 7.13. The summed E-state index contributed by atoms with van der Waals surface area (Å²) in [5, 5.41) is 12.8. The third-order valence-electron chi connectivity index (χ3n) is 6.01. The van der Waals surface area contributed by atoms with Gasteiger partial charge in [0, 0.05) is 30.8 Å². The number of nitriles is 1. The van der Waals surface area contributed by atoms with Crippen molar-refractivity contribution >= 4 is 33.4 Å². The molecule has 0 atom stereocenters. The molecule has 2 N–H and O–H groups in total. The molecule has 3 aromatic rings. The normalized spacial score (nSPS) is 11.1. The Bertz CT molecular complexity index is 1340. The molecule has 3 rings (SSSR count). The largest absolute Gasteiger partial charge is 0.330 e. The Labute approximate surface area is 202 Å².